The maximum Gasteiger partial charge on any atom is 0.416 e. The van der Waals surface area contributed by atoms with Crippen LogP contribution >= 0.6 is 0 Å². The average molecular weight is 377 g/mol. The van der Waals surface area contributed by atoms with Crippen LogP contribution in [-0.4, -0.2) is 16.0 Å². The molecule has 1 heterocycles. The Labute approximate surface area is 157 Å². The number of hydrogen-bond acceptors (Lipinski definition) is 2. The molecule has 1 aromatic carbocycles. The molecular weight excluding hydrogens is 351 g/mol. The van der Waals surface area contributed by atoms with E-state index in [9.17, 15) is 13.2 Å². The SMILES string of the molecule is FC(F)(F)c1ccc(-c2cnc(C(NC3CCC3)C3CCCCC3)[nH]2)cc1. The summed E-state index contributed by atoms with van der Waals surface area (Å²) < 4.78 is 38.3. The standard InChI is InChI=1S/C21H26F3N3/c22-21(23,24)16-11-9-14(10-12-16)18-13-25-20(27-18)19(26-17-7-4-8-17)15-5-2-1-3-6-15/h9-13,15,17,19,26H,1-8H2,(H,25,27). The fourth-order valence-electron chi connectivity index (χ4n) is 4.21. The van der Waals surface area contributed by atoms with Crippen LogP contribution in [0.25, 0.3) is 11.3 Å². The van der Waals surface area contributed by atoms with E-state index in [1.807, 2.05) is 0 Å². The van der Waals surface area contributed by atoms with E-state index in [2.05, 4.69) is 15.3 Å². The van der Waals surface area contributed by atoms with Crippen LogP contribution in [0.4, 0.5) is 13.2 Å². The van der Waals surface area contributed by atoms with Crippen molar-refractivity contribution < 1.29 is 13.2 Å². The molecule has 1 unspecified atom stereocenters. The van der Waals surface area contributed by atoms with E-state index in [4.69, 9.17) is 0 Å². The minimum absolute atomic E-state index is 0.207. The monoisotopic (exact) mass is 377 g/mol. The molecule has 0 saturated heterocycles. The zero-order valence-corrected chi connectivity index (χ0v) is 15.4. The molecule has 0 spiro atoms. The molecule has 1 atom stereocenters. The molecular formula is C21H26F3N3. The lowest BCUT2D eigenvalue weighted by molar-refractivity contribution is -0.137. The van der Waals surface area contributed by atoms with Crippen molar-refractivity contribution in [2.45, 2.75) is 69.6 Å². The van der Waals surface area contributed by atoms with Gasteiger partial charge < -0.3 is 10.3 Å². The molecule has 0 aliphatic heterocycles. The first-order chi connectivity index (χ1) is 13.0. The van der Waals surface area contributed by atoms with Gasteiger partial charge in [-0.05, 0) is 49.3 Å². The second-order valence-corrected chi connectivity index (χ2v) is 7.93. The maximum absolute atomic E-state index is 12.8. The van der Waals surface area contributed by atoms with E-state index < -0.39 is 11.7 Å². The summed E-state index contributed by atoms with van der Waals surface area (Å²) in [7, 11) is 0. The zero-order valence-electron chi connectivity index (χ0n) is 15.4. The van der Waals surface area contributed by atoms with Crippen LogP contribution in [0.3, 0.4) is 0 Å². The predicted octanol–water partition coefficient (Wildman–Crippen LogP) is 5.86. The second-order valence-electron chi connectivity index (χ2n) is 7.93. The summed E-state index contributed by atoms with van der Waals surface area (Å²) in [6, 6.07) is 6.04. The first-order valence-corrected chi connectivity index (χ1v) is 9.99. The highest BCUT2D eigenvalue weighted by Crippen LogP contribution is 2.36. The second kappa shape index (κ2) is 7.66. The molecule has 2 aliphatic rings. The minimum Gasteiger partial charge on any atom is -0.341 e. The number of nitrogens with one attached hydrogen (secondary N) is 2. The number of H-pyrrole nitrogens is 1. The molecule has 0 radical (unpaired) electrons. The molecule has 0 bridgehead atoms. The summed E-state index contributed by atoms with van der Waals surface area (Å²) >= 11 is 0. The van der Waals surface area contributed by atoms with E-state index in [0.29, 0.717) is 12.0 Å². The van der Waals surface area contributed by atoms with Crippen molar-refractivity contribution in [1.29, 1.82) is 0 Å². The predicted molar refractivity (Wildman–Crippen MR) is 99.1 cm³/mol. The van der Waals surface area contributed by atoms with Gasteiger partial charge >= 0.3 is 6.18 Å². The summed E-state index contributed by atoms with van der Waals surface area (Å²) in [4.78, 5) is 7.99. The third-order valence-corrected chi connectivity index (χ3v) is 6.05. The van der Waals surface area contributed by atoms with E-state index in [1.165, 1.54) is 63.5 Å². The Kier molecular flexibility index (Phi) is 5.26. The molecule has 3 nitrogen and oxygen atoms in total. The van der Waals surface area contributed by atoms with Crippen LogP contribution in [0, 0.1) is 5.92 Å². The van der Waals surface area contributed by atoms with Gasteiger partial charge in [0, 0.05) is 6.04 Å². The summed E-state index contributed by atoms with van der Waals surface area (Å²) in [6.07, 6.45) is 7.41. The summed E-state index contributed by atoms with van der Waals surface area (Å²) in [5.74, 6) is 1.50. The van der Waals surface area contributed by atoms with Crippen molar-refractivity contribution in [2.24, 2.45) is 5.92 Å². The number of hydrogen-bond donors (Lipinski definition) is 2. The Balaban J connectivity index is 1.54. The van der Waals surface area contributed by atoms with Gasteiger partial charge in [0.1, 0.15) is 5.82 Å². The normalized spacial score (nSPS) is 20.4. The molecule has 1 aromatic heterocycles. The summed E-state index contributed by atoms with van der Waals surface area (Å²) in [6.45, 7) is 0. The number of alkyl halides is 3. The summed E-state index contributed by atoms with van der Waals surface area (Å²) in [5, 5.41) is 3.79. The molecule has 6 heteroatoms. The minimum atomic E-state index is -4.31. The topological polar surface area (TPSA) is 40.7 Å². The van der Waals surface area contributed by atoms with Crippen LogP contribution < -0.4 is 5.32 Å². The fourth-order valence-corrected chi connectivity index (χ4v) is 4.21. The third-order valence-electron chi connectivity index (χ3n) is 6.05. The van der Waals surface area contributed by atoms with Crippen molar-refractivity contribution in [3.8, 4) is 11.3 Å². The number of aromatic nitrogens is 2. The van der Waals surface area contributed by atoms with Crippen LogP contribution in [-0.2, 0) is 6.18 Å². The van der Waals surface area contributed by atoms with Crippen molar-refractivity contribution in [3.05, 3.63) is 41.9 Å². The number of nitrogens with zero attached hydrogens (tertiary/aromatic N) is 1. The molecule has 2 aromatic rings. The molecule has 2 saturated carbocycles. The van der Waals surface area contributed by atoms with Gasteiger partial charge in [-0.15, -0.1) is 0 Å². The Bertz CT molecular complexity index is 741. The number of rotatable bonds is 5. The maximum atomic E-state index is 12.8. The number of benzene rings is 1. The molecule has 2 fully saturated rings. The Morgan fingerprint density at radius 1 is 0.963 bits per heavy atom. The number of imidazole rings is 1. The van der Waals surface area contributed by atoms with Crippen LogP contribution in [0.5, 0.6) is 0 Å². The van der Waals surface area contributed by atoms with Crippen LogP contribution in [0.15, 0.2) is 30.5 Å². The van der Waals surface area contributed by atoms with Gasteiger partial charge in [-0.3, -0.25) is 0 Å². The van der Waals surface area contributed by atoms with Crippen molar-refractivity contribution >= 4 is 0 Å². The van der Waals surface area contributed by atoms with Gasteiger partial charge in [0.2, 0.25) is 0 Å². The van der Waals surface area contributed by atoms with E-state index in [-0.39, 0.29) is 6.04 Å². The molecule has 4 rings (SSSR count). The zero-order chi connectivity index (χ0) is 18.9. The molecule has 0 amide bonds. The van der Waals surface area contributed by atoms with E-state index >= 15 is 0 Å². The van der Waals surface area contributed by atoms with Gasteiger partial charge in [-0.2, -0.15) is 13.2 Å². The van der Waals surface area contributed by atoms with Gasteiger partial charge in [0.15, 0.2) is 0 Å². The Morgan fingerprint density at radius 2 is 1.67 bits per heavy atom. The lowest BCUT2D eigenvalue weighted by Gasteiger charge is -2.36. The number of halogens is 3. The Hall–Kier alpha value is -1.82. The average Bonchev–Trinajstić information content (AvgIpc) is 3.11. The molecule has 2 aliphatic carbocycles. The van der Waals surface area contributed by atoms with Crippen LogP contribution in [0.1, 0.15) is 68.8 Å². The smallest absolute Gasteiger partial charge is 0.341 e. The molecule has 27 heavy (non-hydrogen) atoms. The Morgan fingerprint density at radius 3 is 2.26 bits per heavy atom. The lowest BCUT2D eigenvalue weighted by atomic mass is 9.82. The van der Waals surface area contributed by atoms with Crippen molar-refractivity contribution in [3.63, 3.8) is 0 Å². The van der Waals surface area contributed by atoms with Gasteiger partial charge in [-0.1, -0.05) is 37.8 Å². The largest absolute Gasteiger partial charge is 0.416 e. The van der Waals surface area contributed by atoms with Crippen LogP contribution in [0.2, 0.25) is 0 Å². The first kappa shape index (κ1) is 18.5. The third kappa shape index (κ3) is 4.21. The van der Waals surface area contributed by atoms with Crippen molar-refractivity contribution in [2.75, 3.05) is 0 Å². The number of aromatic amines is 1. The highest BCUT2D eigenvalue weighted by molar-refractivity contribution is 5.59. The lowest BCUT2D eigenvalue weighted by Crippen LogP contribution is -2.41. The van der Waals surface area contributed by atoms with Gasteiger partial charge in [-0.25, -0.2) is 4.98 Å². The van der Waals surface area contributed by atoms with E-state index in [0.717, 1.165) is 29.2 Å². The van der Waals surface area contributed by atoms with E-state index in [1.54, 1.807) is 6.20 Å². The quantitative estimate of drug-likeness (QED) is 0.685. The highest BCUT2D eigenvalue weighted by Gasteiger charge is 2.32. The van der Waals surface area contributed by atoms with Gasteiger partial charge in [0.05, 0.1) is 23.5 Å². The molecule has 2 N–H and O–H groups in total. The van der Waals surface area contributed by atoms with Crippen molar-refractivity contribution in [1.82, 2.24) is 15.3 Å². The fraction of sp³-hybridized carbons (Fsp3) is 0.571. The first-order valence-electron chi connectivity index (χ1n) is 9.99. The summed E-state index contributed by atoms with van der Waals surface area (Å²) in [5.41, 5.74) is 0.875. The molecule has 146 valence electrons. The van der Waals surface area contributed by atoms with Gasteiger partial charge in [0.25, 0.3) is 0 Å². The highest BCUT2D eigenvalue weighted by atomic mass is 19.4.